The fourth-order valence-electron chi connectivity index (χ4n) is 1.39. The molecule has 1 aromatic rings. The first kappa shape index (κ1) is 13.9. The summed E-state index contributed by atoms with van der Waals surface area (Å²) in [7, 11) is 1.66. The monoisotopic (exact) mass is 242 g/mol. The Bertz CT molecular complexity index is 334. The van der Waals surface area contributed by atoms with E-state index in [9.17, 15) is 4.39 Å². The van der Waals surface area contributed by atoms with Gasteiger partial charge in [-0.15, -0.1) is 0 Å². The third-order valence-electron chi connectivity index (χ3n) is 2.18. The smallest absolute Gasteiger partial charge is 0.142 e. The van der Waals surface area contributed by atoms with Crippen LogP contribution in [0.5, 0.6) is 5.75 Å². The molecule has 0 aliphatic carbocycles. The Morgan fingerprint density at radius 3 is 2.88 bits per heavy atom. The predicted octanol–water partition coefficient (Wildman–Crippen LogP) is 1.47. The van der Waals surface area contributed by atoms with Crippen molar-refractivity contribution in [3.63, 3.8) is 0 Å². The number of aromatic nitrogens is 1. The summed E-state index contributed by atoms with van der Waals surface area (Å²) in [6.07, 6.45) is 0. The summed E-state index contributed by atoms with van der Waals surface area (Å²) in [5.74, 6) is 0.637. The maximum atomic E-state index is 12.1. The van der Waals surface area contributed by atoms with Gasteiger partial charge in [0.1, 0.15) is 19.0 Å². The maximum absolute atomic E-state index is 12.1. The summed E-state index contributed by atoms with van der Waals surface area (Å²) >= 11 is 0. The molecule has 1 heterocycles. The molecular formula is C12H19FN2O2. The van der Waals surface area contributed by atoms with Crippen molar-refractivity contribution in [3.8, 4) is 5.75 Å². The van der Waals surface area contributed by atoms with Crippen LogP contribution in [0.15, 0.2) is 12.1 Å². The van der Waals surface area contributed by atoms with Gasteiger partial charge >= 0.3 is 0 Å². The van der Waals surface area contributed by atoms with E-state index in [1.165, 1.54) is 0 Å². The molecule has 0 spiro atoms. The molecule has 0 atom stereocenters. The van der Waals surface area contributed by atoms with Crippen LogP contribution in [0.4, 0.5) is 4.39 Å². The molecule has 5 heteroatoms. The van der Waals surface area contributed by atoms with Crippen LogP contribution in [-0.4, -0.2) is 38.5 Å². The number of ether oxygens (including phenoxy) is 2. The minimum atomic E-state index is -0.496. The van der Waals surface area contributed by atoms with Gasteiger partial charge in [0.25, 0.3) is 0 Å². The molecule has 0 aromatic carbocycles. The molecule has 0 saturated heterocycles. The van der Waals surface area contributed by atoms with Gasteiger partial charge in [0.2, 0.25) is 0 Å². The number of pyridine rings is 1. The number of hydrogen-bond acceptors (Lipinski definition) is 4. The molecule has 0 aliphatic rings. The molecule has 0 bridgehead atoms. The van der Waals surface area contributed by atoms with Crippen LogP contribution in [0.25, 0.3) is 0 Å². The number of halogens is 1. The molecule has 0 fully saturated rings. The van der Waals surface area contributed by atoms with Crippen LogP contribution in [0.2, 0.25) is 0 Å². The van der Waals surface area contributed by atoms with Gasteiger partial charge in [-0.05, 0) is 19.1 Å². The minimum absolute atomic E-state index is 0.0653. The van der Waals surface area contributed by atoms with Gasteiger partial charge in [0, 0.05) is 25.9 Å². The lowest BCUT2D eigenvalue weighted by Crippen LogP contribution is -2.20. The van der Waals surface area contributed by atoms with Crippen LogP contribution >= 0.6 is 0 Å². The summed E-state index contributed by atoms with van der Waals surface area (Å²) in [4.78, 5) is 4.37. The van der Waals surface area contributed by atoms with Gasteiger partial charge < -0.3 is 14.8 Å². The number of hydrogen-bond donors (Lipinski definition) is 1. The molecule has 1 aromatic heterocycles. The molecule has 17 heavy (non-hydrogen) atoms. The molecule has 0 unspecified atom stereocenters. The Balaban J connectivity index is 2.56. The molecule has 0 amide bonds. The standard InChI is InChI=1S/C12H19FN2O2/c1-10-3-4-12(17-7-5-13)11(15-10)9-14-6-8-16-2/h3-4,14H,5-9H2,1-2H3. The highest BCUT2D eigenvalue weighted by Gasteiger charge is 2.05. The Morgan fingerprint density at radius 1 is 1.35 bits per heavy atom. The van der Waals surface area contributed by atoms with E-state index in [-0.39, 0.29) is 6.61 Å². The lowest BCUT2D eigenvalue weighted by atomic mass is 10.3. The number of methoxy groups -OCH3 is 1. The van der Waals surface area contributed by atoms with Crippen molar-refractivity contribution in [1.82, 2.24) is 10.3 Å². The van der Waals surface area contributed by atoms with E-state index in [1.54, 1.807) is 7.11 Å². The van der Waals surface area contributed by atoms with E-state index in [4.69, 9.17) is 9.47 Å². The van der Waals surface area contributed by atoms with Crippen molar-refractivity contribution >= 4 is 0 Å². The Morgan fingerprint density at radius 2 is 2.18 bits per heavy atom. The third kappa shape index (κ3) is 5.10. The summed E-state index contributed by atoms with van der Waals surface area (Å²) in [5, 5.41) is 3.19. The molecule has 4 nitrogen and oxygen atoms in total. The number of rotatable bonds is 8. The van der Waals surface area contributed by atoms with E-state index >= 15 is 0 Å². The van der Waals surface area contributed by atoms with E-state index in [0.717, 1.165) is 17.9 Å². The number of nitrogens with one attached hydrogen (secondary N) is 1. The fraction of sp³-hybridized carbons (Fsp3) is 0.583. The highest BCUT2D eigenvalue weighted by molar-refractivity contribution is 5.29. The SMILES string of the molecule is COCCNCc1nc(C)ccc1OCCF. The van der Waals surface area contributed by atoms with Crippen LogP contribution in [0.3, 0.4) is 0 Å². The molecular weight excluding hydrogens is 223 g/mol. The molecule has 0 aliphatic heterocycles. The van der Waals surface area contributed by atoms with Crippen LogP contribution < -0.4 is 10.1 Å². The van der Waals surface area contributed by atoms with Crippen molar-refractivity contribution in [2.24, 2.45) is 0 Å². The molecule has 1 rings (SSSR count). The molecule has 0 radical (unpaired) electrons. The predicted molar refractivity (Wildman–Crippen MR) is 64.0 cm³/mol. The Kier molecular flexibility index (Phi) is 6.50. The highest BCUT2D eigenvalue weighted by atomic mass is 19.1. The van der Waals surface area contributed by atoms with Crippen molar-refractivity contribution in [3.05, 3.63) is 23.5 Å². The van der Waals surface area contributed by atoms with E-state index in [0.29, 0.717) is 18.9 Å². The topological polar surface area (TPSA) is 43.4 Å². The second-order valence-electron chi connectivity index (χ2n) is 3.60. The zero-order chi connectivity index (χ0) is 12.5. The van der Waals surface area contributed by atoms with Crippen LogP contribution in [0, 0.1) is 6.92 Å². The van der Waals surface area contributed by atoms with Gasteiger partial charge in [0.05, 0.1) is 12.3 Å². The first-order chi connectivity index (χ1) is 8.27. The van der Waals surface area contributed by atoms with Crippen molar-refractivity contribution < 1.29 is 13.9 Å². The average molecular weight is 242 g/mol. The summed E-state index contributed by atoms with van der Waals surface area (Å²) in [6, 6.07) is 3.68. The van der Waals surface area contributed by atoms with Gasteiger partial charge in [-0.3, -0.25) is 4.98 Å². The van der Waals surface area contributed by atoms with Gasteiger partial charge in [-0.1, -0.05) is 0 Å². The van der Waals surface area contributed by atoms with Crippen molar-refractivity contribution in [2.75, 3.05) is 33.5 Å². The third-order valence-corrected chi connectivity index (χ3v) is 2.18. The normalized spacial score (nSPS) is 10.5. The number of nitrogens with zero attached hydrogens (tertiary/aromatic N) is 1. The van der Waals surface area contributed by atoms with Crippen LogP contribution in [0.1, 0.15) is 11.4 Å². The minimum Gasteiger partial charge on any atom is -0.489 e. The summed E-state index contributed by atoms with van der Waals surface area (Å²) in [6.45, 7) is 3.46. The Hall–Kier alpha value is -1.20. The molecule has 0 saturated carbocycles. The van der Waals surface area contributed by atoms with Crippen molar-refractivity contribution in [2.45, 2.75) is 13.5 Å². The van der Waals surface area contributed by atoms with Gasteiger partial charge in [-0.2, -0.15) is 0 Å². The lowest BCUT2D eigenvalue weighted by Gasteiger charge is -2.11. The number of aryl methyl sites for hydroxylation is 1. The molecule has 96 valence electrons. The lowest BCUT2D eigenvalue weighted by molar-refractivity contribution is 0.198. The maximum Gasteiger partial charge on any atom is 0.142 e. The fourth-order valence-corrected chi connectivity index (χ4v) is 1.39. The first-order valence-electron chi connectivity index (χ1n) is 5.63. The zero-order valence-corrected chi connectivity index (χ0v) is 10.3. The second-order valence-corrected chi connectivity index (χ2v) is 3.60. The first-order valence-corrected chi connectivity index (χ1v) is 5.63. The van der Waals surface area contributed by atoms with E-state index in [2.05, 4.69) is 10.3 Å². The Labute approximate surface area is 101 Å². The summed E-state index contributed by atoms with van der Waals surface area (Å²) in [5.41, 5.74) is 1.72. The largest absolute Gasteiger partial charge is 0.489 e. The van der Waals surface area contributed by atoms with Gasteiger partial charge in [-0.25, -0.2) is 4.39 Å². The van der Waals surface area contributed by atoms with Crippen molar-refractivity contribution in [1.29, 1.82) is 0 Å². The van der Waals surface area contributed by atoms with E-state index in [1.807, 2.05) is 19.1 Å². The quantitative estimate of drug-likeness (QED) is 0.701. The van der Waals surface area contributed by atoms with Crippen LogP contribution in [-0.2, 0) is 11.3 Å². The molecule has 1 N–H and O–H groups in total. The number of alkyl halides is 1. The zero-order valence-electron chi connectivity index (χ0n) is 10.3. The second kappa shape index (κ2) is 7.97. The summed E-state index contributed by atoms with van der Waals surface area (Å²) < 4.78 is 22.3. The van der Waals surface area contributed by atoms with E-state index < -0.39 is 6.67 Å². The average Bonchev–Trinajstić information content (AvgIpc) is 2.33. The highest BCUT2D eigenvalue weighted by Crippen LogP contribution is 2.16. The van der Waals surface area contributed by atoms with Gasteiger partial charge in [0.15, 0.2) is 0 Å².